The molecule has 98 valence electrons. The van der Waals surface area contributed by atoms with Crippen molar-refractivity contribution in [3.63, 3.8) is 0 Å². The van der Waals surface area contributed by atoms with Gasteiger partial charge in [0.2, 0.25) is 5.91 Å². The van der Waals surface area contributed by atoms with Gasteiger partial charge in [0.15, 0.2) is 0 Å². The van der Waals surface area contributed by atoms with Gasteiger partial charge in [0.25, 0.3) is 0 Å². The molecule has 5 nitrogen and oxygen atoms in total. The molecule has 0 aromatic carbocycles. The van der Waals surface area contributed by atoms with E-state index in [0.29, 0.717) is 25.8 Å². The van der Waals surface area contributed by atoms with Crippen LogP contribution in [0.2, 0.25) is 0 Å². The molecule has 1 aromatic heterocycles. The summed E-state index contributed by atoms with van der Waals surface area (Å²) in [4.78, 5) is 29.0. The van der Waals surface area contributed by atoms with Crippen LogP contribution in [0.1, 0.15) is 31.2 Å². The molecule has 18 heavy (non-hydrogen) atoms. The summed E-state index contributed by atoms with van der Waals surface area (Å²) in [5.74, 6) is -1.00. The fraction of sp³-hybridized carbons (Fsp3) is 0.583. The topological polar surface area (TPSA) is 70.5 Å². The van der Waals surface area contributed by atoms with Gasteiger partial charge in [-0.1, -0.05) is 0 Å². The highest BCUT2D eigenvalue weighted by Crippen LogP contribution is 2.30. The fourth-order valence-corrected chi connectivity index (χ4v) is 2.93. The zero-order chi connectivity index (χ0) is 13.2. The maximum Gasteiger partial charge on any atom is 0.329 e. The Bertz CT molecular complexity index is 446. The number of likely N-dealkylation sites (tertiary alicyclic amines) is 1. The summed E-state index contributed by atoms with van der Waals surface area (Å²) < 4.78 is 0. The number of amides is 1. The van der Waals surface area contributed by atoms with Crippen molar-refractivity contribution in [1.82, 2.24) is 9.88 Å². The molecule has 1 amide bonds. The van der Waals surface area contributed by atoms with Crippen molar-refractivity contribution in [3.8, 4) is 0 Å². The van der Waals surface area contributed by atoms with E-state index in [2.05, 4.69) is 4.98 Å². The highest BCUT2D eigenvalue weighted by Gasteiger charge is 2.45. The zero-order valence-electron chi connectivity index (χ0n) is 10.3. The lowest BCUT2D eigenvalue weighted by Crippen LogP contribution is -2.50. The Morgan fingerprint density at radius 3 is 3.00 bits per heavy atom. The second-order valence-electron chi connectivity index (χ2n) is 4.65. The van der Waals surface area contributed by atoms with Crippen molar-refractivity contribution in [3.05, 3.63) is 16.6 Å². The van der Waals surface area contributed by atoms with Gasteiger partial charge in [0.1, 0.15) is 5.54 Å². The molecule has 1 aliphatic heterocycles. The lowest BCUT2D eigenvalue weighted by Gasteiger charge is -2.31. The van der Waals surface area contributed by atoms with Gasteiger partial charge in [0.05, 0.1) is 5.01 Å². The Hall–Kier alpha value is -1.43. The molecule has 2 rings (SSSR count). The third kappa shape index (κ3) is 2.38. The highest BCUT2D eigenvalue weighted by molar-refractivity contribution is 7.09. The number of aromatic nitrogens is 1. The number of aliphatic carboxylic acids is 1. The predicted octanol–water partition coefficient (Wildman–Crippen LogP) is 1.54. The standard InChI is InChI=1S/C12H16N2O3S/c1-12(11(16)17)5-2-7-14(12)10(15)4-3-9-13-6-8-18-9/h6,8H,2-5,7H2,1H3,(H,16,17). The van der Waals surface area contributed by atoms with Crippen molar-refractivity contribution >= 4 is 23.2 Å². The molecule has 6 heteroatoms. The highest BCUT2D eigenvalue weighted by atomic mass is 32.1. The minimum Gasteiger partial charge on any atom is -0.480 e. The van der Waals surface area contributed by atoms with E-state index in [1.165, 1.54) is 16.2 Å². The minimum absolute atomic E-state index is 0.0902. The second-order valence-corrected chi connectivity index (χ2v) is 5.63. The van der Waals surface area contributed by atoms with E-state index in [9.17, 15) is 14.7 Å². The molecule has 1 unspecified atom stereocenters. The van der Waals surface area contributed by atoms with Crippen LogP contribution in [0.4, 0.5) is 0 Å². The molecule has 1 aliphatic rings. The van der Waals surface area contributed by atoms with Crippen LogP contribution in [-0.4, -0.2) is 39.0 Å². The molecule has 0 saturated carbocycles. The van der Waals surface area contributed by atoms with Crippen molar-refractivity contribution in [2.24, 2.45) is 0 Å². The number of rotatable bonds is 4. The largest absolute Gasteiger partial charge is 0.480 e. The molecule has 1 aromatic rings. The number of carboxylic acids is 1. The van der Waals surface area contributed by atoms with Gasteiger partial charge in [-0.3, -0.25) is 4.79 Å². The minimum atomic E-state index is -1.03. The summed E-state index contributed by atoms with van der Waals surface area (Å²) in [7, 11) is 0. The number of carbonyl (C=O) groups is 2. The third-order valence-electron chi connectivity index (χ3n) is 3.44. The second kappa shape index (κ2) is 5.06. The molecule has 0 aliphatic carbocycles. The molecule has 1 saturated heterocycles. The average Bonchev–Trinajstić information content (AvgIpc) is 2.95. The molecule has 0 radical (unpaired) electrons. The van der Waals surface area contributed by atoms with Crippen LogP contribution in [0.15, 0.2) is 11.6 Å². The fourth-order valence-electron chi connectivity index (χ4n) is 2.31. The first-order valence-corrected chi connectivity index (χ1v) is 6.84. The Morgan fingerprint density at radius 1 is 1.61 bits per heavy atom. The molecule has 0 bridgehead atoms. The zero-order valence-corrected chi connectivity index (χ0v) is 11.1. The van der Waals surface area contributed by atoms with Crippen LogP contribution in [0.5, 0.6) is 0 Å². The van der Waals surface area contributed by atoms with Gasteiger partial charge < -0.3 is 10.0 Å². The SMILES string of the molecule is CC1(C(=O)O)CCCN1C(=O)CCc1nccs1. The van der Waals surface area contributed by atoms with E-state index in [4.69, 9.17) is 0 Å². The van der Waals surface area contributed by atoms with E-state index in [-0.39, 0.29) is 5.91 Å². The van der Waals surface area contributed by atoms with Crippen LogP contribution in [0.25, 0.3) is 0 Å². The van der Waals surface area contributed by atoms with E-state index in [1.807, 2.05) is 5.38 Å². The number of nitrogens with zero attached hydrogens (tertiary/aromatic N) is 2. The summed E-state index contributed by atoms with van der Waals surface area (Å²) in [5, 5.41) is 12.0. The van der Waals surface area contributed by atoms with Gasteiger partial charge in [-0.25, -0.2) is 9.78 Å². The quantitative estimate of drug-likeness (QED) is 0.899. The number of carbonyl (C=O) groups excluding carboxylic acids is 1. The maximum atomic E-state index is 12.1. The first-order chi connectivity index (χ1) is 8.54. The number of aryl methyl sites for hydroxylation is 1. The molecular formula is C12H16N2O3S. The van der Waals surface area contributed by atoms with E-state index in [0.717, 1.165) is 11.4 Å². The van der Waals surface area contributed by atoms with Gasteiger partial charge >= 0.3 is 5.97 Å². The Morgan fingerprint density at radius 2 is 2.39 bits per heavy atom. The van der Waals surface area contributed by atoms with Crippen molar-refractivity contribution in [2.45, 2.75) is 38.1 Å². The molecule has 1 atom stereocenters. The van der Waals surface area contributed by atoms with Gasteiger partial charge in [-0.15, -0.1) is 11.3 Å². The summed E-state index contributed by atoms with van der Waals surface area (Å²) >= 11 is 1.52. The lowest BCUT2D eigenvalue weighted by atomic mass is 9.99. The molecule has 2 heterocycles. The Labute approximate surface area is 109 Å². The third-order valence-corrected chi connectivity index (χ3v) is 4.28. The summed E-state index contributed by atoms with van der Waals surface area (Å²) in [6.45, 7) is 2.17. The maximum absolute atomic E-state index is 12.1. The predicted molar refractivity (Wildman–Crippen MR) is 67.4 cm³/mol. The van der Waals surface area contributed by atoms with Crippen LogP contribution in [0.3, 0.4) is 0 Å². The summed E-state index contributed by atoms with van der Waals surface area (Å²) in [6.07, 6.45) is 3.91. The normalized spacial score (nSPS) is 23.3. The van der Waals surface area contributed by atoms with Gasteiger partial charge in [-0.05, 0) is 19.8 Å². The first kappa shape index (κ1) is 13.0. The van der Waals surface area contributed by atoms with Gasteiger partial charge in [-0.2, -0.15) is 0 Å². The van der Waals surface area contributed by atoms with Crippen LogP contribution in [-0.2, 0) is 16.0 Å². The van der Waals surface area contributed by atoms with Crippen LogP contribution in [0, 0.1) is 0 Å². The molecule has 1 N–H and O–H groups in total. The van der Waals surface area contributed by atoms with E-state index < -0.39 is 11.5 Å². The monoisotopic (exact) mass is 268 g/mol. The number of carboxylic acid groups (broad SMARTS) is 1. The molecule has 0 spiro atoms. The molecule has 1 fully saturated rings. The van der Waals surface area contributed by atoms with Crippen LogP contribution < -0.4 is 0 Å². The lowest BCUT2D eigenvalue weighted by molar-refractivity contribution is -0.155. The number of thiazole rings is 1. The Balaban J connectivity index is 1.98. The van der Waals surface area contributed by atoms with E-state index >= 15 is 0 Å². The number of hydrogen-bond donors (Lipinski definition) is 1. The van der Waals surface area contributed by atoms with Crippen molar-refractivity contribution in [1.29, 1.82) is 0 Å². The average molecular weight is 268 g/mol. The molecular weight excluding hydrogens is 252 g/mol. The van der Waals surface area contributed by atoms with Crippen molar-refractivity contribution in [2.75, 3.05) is 6.54 Å². The van der Waals surface area contributed by atoms with Crippen molar-refractivity contribution < 1.29 is 14.7 Å². The van der Waals surface area contributed by atoms with E-state index in [1.54, 1.807) is 13.1 Å². The smallest absolute Gasteiger partial charge is 0.329 e. The summed E-state index contributed by atoms with van der Waals surface area (Å²) in [5.41, 5.74) is -1.03. The number of hydrogen-bond acceptors (Lipinski definition) is 4. The Kier molecular flexibility index (Phi) is 3.65. The summed E-state index contributed by atoms with van der Waals surface area (Å²) in [6, 6.07) is 0. The van der Waals surface area contributed by atoms with Gasteiger partial charge in [0, 0.05) is 31.0 Å². The van der Waals surface area contributed by atoms with Crippen LogP contribution >= 0.6 is 11.3 Å². The first-order valence-electron chi connectivity index (χ1n) is 5.96.